The summed E-state index contributed by atoms with van der Waals surface area (Å²) in [5.41, 5.74) is 3.96. The quantitative estimate of drug-likeness (QED) is 0.621. The molecule has 0 fully saturated rings. The van der Waals surface area contributed by atoms with Crippen LogP contribution in [0.25, 0.3) is 23.1 Å². The number of nitrogens with zero attached hydrogens (tertiary/aromatic N) is 1. The third-order valence-electron chi connectivity index (χ3n) is 3.32. The molecule has 2 aromatic rings. The first-order chi connectivity index (χ1) is 7.77. The number of allylic oxidation sites excluding steroid dienone is 2. The Morgan fingerprint density at radius 3 is 2.69 bits per heavy atom. The first-order valence-corrected chi connectivity index (χ1v) is 5.71. The molecular weight excluding hydrogens is 194 g/mol. The van der Waals surface area contributed by atoms with Crippen molar-refractivity contribution >= 4 is 23.1 Å². The Balaban J connectivity index is 2.40. The third-order valence-corrected chi connectivity index (χ3v) is 3.32. The molecule has 1 aromatic carbocycles. The lowest BCUT2D eigenvalue weighted by Crippen LogP contribution is -1.90. The highest BCUT2D eigenvalue weighted by Gasteiger charge is 2.12. The Hall–Kier alpha value is -1.76. The van der Waals surface area contributed by atoms with E-state index in [1.807, 2.05) is 0 Å². The van der Waals surface area contributed by atoms with Gasteiger partial charge in [0.2, 0.25) is 0 Å². The van der Waals surface area contributed by atoms with Gasteiger partial charge in [0.05, 0.1) is 0 Å². The highest BCUT2D eigenvalue weighted by Crippen LogP contribution is 2.29. The van der Waals surface area contributed by atoms with Crippen molar-refractivity contribution in [3.8, 4) is 0 Å². The normalized spacial score (nSPS) is 18.8. The summed E-state index contributed by atoms with van der Waals surface area (Å²) in [6, 6.07) is 8.57. The summed E-state index contributed by atoms with van der Waals surface area (Å²) < 4.78 is 2.27. The molecular formula is C15H15N. The number of hydrogen-bond acceptors (Lipinski definition) is 0. The molecule has 3 rings (SSSR count). The van der Waals surface area contributed by atoms with Crippen molar-refractivity contribution in [1.29, 1.82) is 0 Å². The summed E-state index contributed by atoms with van der Waals surface area (Å²) in [6.45, 7) is 2.21. The number of rotatable bonds is 0. The zero-order chi connectivity index (χ0) is 11.1. The van der Waals surface area contributed by atoms with Crippen LogP contribution in [0.2, 0.25) is 0 Å². The van der Waals surface area contributed by atoms with Crippen molar-refractivity contribution in [3.63, 3.8) is 0 Å². The van der Waals surface area contributed by atoms with Crippen molar-refractivity contribution in [2.75, 3.05) is 0 Å². The molecule has 1 unspecified atom stereocenters. The molecule has 1 heterocycles. The van der Waals surface area contributed by atoms with Crippen molar-refractivity contribution < 1.29 is 0 Å². The van der Waals surface area contributed by atoms with Crippen LogP contribution < -0.4 is 0 Å². The number of fused-ring (bicyclic) bond motifs is 3. The molecule has 1 heteroatoms. The van der Waals surface area contributed by atoms with Crippen molar-refractivity contribution in [2.45, 2.75) is 6.92 Å². The summed E-state index contributed by atoms with van der Waals surface area (Å²) in [5, 5.41) is 1.34. The summed E-state index contributed by atoms with van der Waals surface area (Å²) in [7, 11) is 2.13. The molecule has 0 N–H and O–H groups in total. The number of benzene rings is 1. The van der Waals surface area contributed by atoms with Gasteiger partial charge in [0.15, 0.2) is 0 Å². The van der Waals surface area contributed by atoms with Gasteiger partial charge in [-0.25, -0.2) is 0 Å². The van der Waals surface area contributed by atoms with Crippen molar-refractivity contribution in [2.24, 2.45) is 13.0 Å². The van der Waals surface area contributed by atoms with E-state index in [9.17, 15) is 0 Å². The van der Waals surface area contributed by atoms with E-state index in [2.05, 4.69) is 67.1 Å². The van der Waals surface area contributed by atoms with Crippen LogP contribution in [0.3, 0.4) is 0 Å². The van der Waals surface area contributed by atoms with Crippen LogP contribution in [0.5, 0.6) is 0 Å². The van der Waals surface area contributed by atoms with Gasteiger partial charge in [-0.15, -0.1) is 0 Å². The van der Waals surface area contributed by atoms with E-state index < -0.39 is 0 Å². The molecule has 80 valence electrons. The standard InChI is InChI=1S/C15H15N/c1-11-7-9-13-12-5-3-4-6-14(12)16(2)15(13)10-8-11/h3-11H,1-2H3. The van der Waals surface area contributed by atoms with E-state index in [1.165, 1.54) is 22.2 Å². The maximum atomic E-state index is 2.27. The fourth-order valence-corrected chi connectivity index (χ4v) is 2.37. The Labute approximate surface area is 95.7 Å². The van der Waals surface area contributed by atoms with Crippen LogP contribution >= 0.6 is 0 Å². The first kappa shape index (κ1) is 9.46. The highest BCUT2D eigenvalue weighted by molar-refractivity contribution is 5.94. The minimum Gasteiger partial charge on any atom is -0.344 e. The van der Waals surface area contributed by atoms with Crippen LogP contribution in [-0.4, -0.2) is 4.57 Å². The Bertz CT molecular complexity index is 599. The summed E-state index contributed by atoms with van der Waals surface area (Å²) in [4.78, 5) is 0. The third kappa shape index (κ3) is 1.25. The zero-order valence-electron chi connectivity index (χ0n) is 9.64. The van der Waals surface area contributed by atoms with Crippen LogP contribution in [-0.2, 0) is 7.05 Å². The van der Waals surface area contributed by atoms with E-state index in [-0.39, 0.29) is 0 Å². The molecule has 0 saturated carbocycles. The predicted molar refractivity (Wildman–Crippen MR) is 70.2 cm³/mol. The second-order valence-electron chi connectivity index (χ2n) is 4.45. The van der Waals surface area contributed by atoms with E-state index in [0.717, 1.165) is 0 Å². The van der Waals surface area contributed by atoms with Gasteiger partial charge in [0, 0.05) is 29.2 Å². The van der Waals surface area contributed by atoms with Crippen LogP contribution in [0, 0.1) is 5.92 Å². The molecule has 1 aliphatic rings. The molecule has 1 atom stereocenters. The predicted octanol–water partition coefficient (Wildman–Crippen LogP) is 3.85. The monoisotopic (exact) mass is 209 g/mol. The Morgan fingerprint density at radius 2 is 1.81 bits per heavy atom. The zero-order valence-corrected chi connectivity index (χ0v) is 9.64. The minimum absolute atomic E-state index is 0.520. The van der Waals surface area contributed by atoms with Gasteiger partial charge in [0.1, 0.15) is 0 Å². The summed E-state index contributed by atoms with van der Waals surface area (Å²) in [5.74, 6) is 0.520. The number of aromatic nitrogens is 1. The van der Waals surface area contributed by atoms with Gasteiger partial charge >= 0.3 is 0 Å². The lowest BCUT2D eigenvalue weighted by molar-refractivity contribution is 0.940. The minimum atomic E-state index is 0.520. The van der Waals surface area contributed by atoms with Crippen LogP contribution in [0.15, 0.2) is 36.4 Å². The lowest BCUT2D eigenvalue weighted by atomic mass is 10.1. The Kier molecular flexibility index (Phi) is 2.00. The van der Waals surface area contributed by atoms with Gasteiger partial charge in [0.25, 0.3) is 0 Å². The fourth-order valence-electron chi connectivity index (χ4n) is 2.37. The van der Waals surface area contributed by atoms with Crippen molar-refractivity contribution in [3.05, 3.63) is 47.7 Å². The molecule has 0 radical (unpaired) electrons. The molecule has 0 aliphatic heterocycles. The van der Waals surface area contributed by atoms with Crippen molar-refractivity contribution in [1.82, 2.24) is 4.57 Å². The average Bonchev–Trinajstić information content (AvgIpc) is 2.46. The van der Waals surface area contributed by atoms with Gasteiger partial charge in [-0.2, -0.15) is 0 Å². The summed E-state index contributed by atoms with van der Waals surface area (Å²) in [6.07, 6.45) is 9.00. The Morgan fingerprint density at radius 1 is 1.06 bits per heavy atom. The molecule has 16 heavy (non-hydrogen) atoms. The first-order valence-electron chi connectivity index (χ1n) is 5.71. The van der Waals surface area contributed by atoms with E-state index in [0.29, 0.717) is 5.92 Å². The average molecular weight is 209 g/mol. The molecule has 1 aliphatic carbocycles. The molecule has 0 bridgehead atoms. The smallest absolute Gasteiger partial charge is 0.0488 e. The largest absolute Gasteiger partial charge is 0.344 e. The van der Waals surface area contributed by atoms with E-state index >= 15 is 0 Å². The van der Waals surface area contributed by atoms with E-state index in [4.69, 9.17) is 0 Å². The fraction of sp³-hybridized carbons (Fsp3) is 0.200. The highest BCUT2D eigenvalue weighted by atomic mass is 14.9. The molecule has 0 spiro atoms. The summed E-state index contributed by atoms with van der Waals surface area (Å²) >= 11 is 0. The van der Waals surface area contributed by atoms with Gasteiger partial charge in [-0.3, -0.25) is 0 Å². The number of aryl methyl sites for hydroxylation is 1. The molecule has 1 nitrogen and oxygen atoms in total. The maximum absolute atomic E-state index is 2.27. The number of para-hydroxylation sites is 1. The van der Waals surface area contributed by atoms with Gasteiger partial charge < -0.3 is 4.57 Å². The molecule has 1 aromatic heterocycles. The van der Waals surface area contributed by atoms with Crippen LogP contribution in [0.4, 0.5) is 0 Å². The van der Waals surface area contributed by atoms with Crippen LogP contribution in [0.1, 0.15) is 18.2 Å². The second-order valence-corrected chi connectivity index (χ2v) is 4.45. The van der Waals surface area contributed by atoms with Gasteiger partial charge in [-0.05, 0) is 18.1 Å². The number of hydrogen-bond donors (Lipinski definition) is 0. The SMILES string of the molecule is CC1C=Cc2c(n(C)c3ccccc23)C=C1. The maximum Gasteiger partial charge on any atom is 0.0488 e. The van der Waals surface area contributed by atoms with E-state index in [1.54, 1.807) is 0 Å². The second kappa shape index (κ2) is 3.38. The molecule has 0 saturated heterocycles. The lowest BCUT2D eigenvalue weighted by Gasteiger charge is -1.99. The van der Waals surface area contributed by atoms with Gasteiger partial charge in [-0.1, -0.05) is 43.4 Å². The topological polar surface area (TPSA) is 4.93 Å². The molecule has 0 amide bonds.